The van der Waals surface area contributed by atoms with Gasteiger partial charge in [0.15, 0.2) is 0 Å². The monoisotopic (exact) mass is 227 g/mol. The molecular formula is C11H14ClNO2. The van der Waals surface area contributed by atoms with Gasteiger partial charge in [-0.25, -0.2) is 4.79 Å². The second-order valence-corrected chi connectivity index (χ2v) is 3.64. The summed E-state index contributed by atoms with van der Waals surface area (Å²) in [5.74, 6) is -0.284. The molecular weight excluding hydrogens is 214 g/mol. The van der Waals surface area contributed by atoms with E-state index in [1.165, 1.54) is 18.2 Å². The highest BCUT2D eigenvalue weighted by Gasteiger charge is 2.19. The van der Waals surface area contributed by atoms with Crippen molar-refractivity contribution in [3.63, 3.8) is 0 Å². The molecule has 0 saturated heterocycles. The van der Waals surface area contributed by atoms with Gasteiger partial charge in [-0.2, -0.15) is 0 Å². The number of carbonyl (C=O) groups excluding carboxylic acids is 1. The smallest absolute Gasteiger partial charge is 0.337 e. The normalized spacial score (nSPS) is 17.9. The second kappa shape index (κ2) is 4.64. The number of methoxy groups -OCH3 is 1. The van der Waals surface area contributed by atoms with Crippen molar-refractivity contribution in [3.05, 3.63) is 34.9 Å². The average Bonchev–Trinajstić information content (AvgIpc) is 2.55. The van der Waals surface area contributed by atoms with E-state index in [-0.39, 0.29) is 24.4 Å². The summed E-state index contributed by atoms with van der Waals surface area (Å²) in [5.41, 5.74) is 8.87. The van der Waals surface area contributed by atoms with Crippen LogP contribution in [0.2, 0.25) is 0 Å². The van der Waals surface area contributed by atoms with Crippen LogP contribution < -0.4 is 5.73 Å². The first-order chi connectivity index (χ1) is 6.70. The molecule has 4 heteroatoms. The van der Waals surface area contributed by atoms with Crippen molar-refractivity contribution in [1.82, 2.24) is 0 Å². The van der Waals surface area contributed by atoms with Crippen LogP contribution in [-0.4, -0.2) is 19.1 Å². The second-order valence-electron chi connectivity index (χ2n) is 3.64. The minimum absolute atomic E-state index is 0. The van der Waals surface area contributed by atoms with E-state index in [9.17, 15) is 4.79 Å². The number of fused-ring (bicyclic) bond motifs is 1. The molecule has 1 atom stereocenters. The first kappa shape index (κ1) is 12.0. The predicted octanol–water partition coefficient (Wildman–Crippen LogP) is 1.32. The van der Waals surface area contributed by atoms with Crippen LogP contribution in [0.5, 0.6) is 0 Å². The third kappa shape index (κ3) is 2.30. The highest BCUT2D eigenvalue weighted by atomic mass is 35.5. The Morgan fingerprint density at radius 1 is 1.40 bits per heavy atom. The summed E-state index contributed by atoms with van der Waals surface area (Å²) in [6.07, 6.45) is 1.77. The van der Waals surface area contributed by atoms with E-state index in [4.69, 9.17) is 5.73 Å². The third-order valence-electron chi connectivity index (χ3n) is 2.59. The molecule has 2 rings (SSSR count). The van der Waals surface area contributed by atoms with E-state index >= 15 is 0 Å². The van der Waals surface area contributed by atoms with Gasteiger partial charge in [0, 0.05) is 6.04 Å². The van der Waals surface area contributed by atoms with Crippen molar-refractivity contribution in [2.24, 2.45) is 5.73 Å². The van der Waals surface area contributed by atoms with Gasteiger partial charge in [0.25, 0.3) is 0 Å². The summed E-state index contributed by atoms with van der Waals surface area (Å²) in [6, 6.07) is 5.85. The first-order valence-corrected chi connectivity index (χ1v) is 4.66. The molecule has 0 aromatic heterocycles. The van der Waals surface area contributed by atoms with E-state index in [1.54, 1.807) is 6.07 Å². The van der Waals surface area contributed by atoms with Gasteiger partial charge in [0.2, 0.25) is 0 Å². The molecule has 1 aromatic rings. The van der Waals surface area contributed by atoms with Crippen molar-refractivity contribution in [2.45, 2.75) is 18.9 Å². The lowest BCUT2D eigenvalue weighted by Gasteiger charge is -2.02. The Kier molecular flexibility index (Phi) is 3.72. The standard InChI is InChI=1S/C11H13NO2.ClH/c1-14-11(13)8-3-2-7-5-10(12)6-9(7)4-8;/h2-4,10H,5-6,12H2,1H3;1H. The van der Waals surface area contributed by atoms with Gasteiger partial charge in [-0.3, -0.25) is 0 Å². The molecule has 1 aliphatic rings. The minimum Gasteiger partial charge on any atom is -0.465 e. The molecule has 82 valence electrons. The summed E-state index contributed by atoms with van der Waals surface area (Å²) < 4.78 is 4.65. The lowest BCUT2D eigenvalue weighted by atomic mass is 10.1. The summed E-state index contributed by atoms with van der Waals surface area (Å²) in [6.45, 7) is 0. The van der Waals surface area contributed by atoms with E-state index in [0.29, 0.717) is 5.56 Å². The van der Waals surface area contributed by atoms with Crippen molar-refractivity contribution < 1.29 is 9.53 Å². The molecule has 0 radical (unpaired) electrons. The number of hydrogen-bond donors (Lipinski definition) is 1. The third-order valence-corrected chi connectivity index (χ3v) is 2.59. The Bertz CT molecular complexity index is 379. The Morgan fingerprint density at radius 3 is 2.73 bits per heavy atom. The van der Waals surface area contributed by atoms with Gasteiger partial charge in [0.05, 0.1) is 12.7 Å². The van der Waals surface area contributed by atoms with Crippen molar-refractivity contribution in [1.29, 1.82) is 0 Å². The number of halogens is 1. The average molecular weight is 228 g/mol. The van der Waals surface area contributed by atoms with Crippen LogP contribution in [0.4, 0.5) is 0 Å². The molecule has 15 heavy (non-hydrogen) atoms. The van der Waals surface area contributed by atoms with E-state index in [1.807, 2.05) is 12.1 Å². The molecule has 3 nitrogen and oxygen atoms in total. The highest BCUT2D eigenvalue weighted by molar-refractivity contribution is 5.89. The fourth-order valence-corrected chi connectivity index (χ4v) is 1.90. The fraction of sp³-hybridized carbons (Fsp3) is 0.364. The maximum Gasteiger partial charge on any atom is 0.337 e. The Balaban J connectivity index is 0.00000112. The van der Waals surface area contributed by atoms with E-state index in [0.717, 1.165) is 12.8 Å². The zero-order chi connectivity index (χ0) is 10.1. The number of rotatable bonds is 1. The molecule has 1 aromatic carbocycles. The van der Waals surface area contributed by atoms with Gasteiger partial charge in [0.1, 0.15) is 0 Å². The van der Waals surface area contributed by atoms with Crippen molar-refractivity contribution >= 4 is 18.4 Å². The Morgan fingerprint density at radius 2 is 2.07 bits per heavy atom. The van der Waals surface area contributed by atoms with Crippen LogP contribution in [0, 0.1) is 0 Å². The lowest BCUT2D eigenvalue weighted by Crippen LogP contribution is -2.19. The molecule has 0 bridgehead atoms. The zero-order valence-electron chi connectivity index (χ0n) is 8.53. The zero-order valence-corrected chi connectivity index (χ0v) is 9.34. The molecule has 2 N–H and O–H groups in total. The molecule has 0 aliphatic heterocycles. The molecule has 1 unspecified atom stereocenters. The Hall–Kier alpha value is -1.06. The number of nitrogens with two attached hydrogens (primary N) is 1. The van der Waals surface area contributed by atoms with Gasteiger partial charge in [-0.05, 0) is 36.1 Å². The summed E-state index contributed by atoms with van der Waals surface area (Å²) in [4.78, 5) is 11.2. The Labute approximate surface area is 95.0 Å². The van der Waals surface area contributed by atoms with Crippen molar-refractivity contribution in [3.8, 4) is 0 Å². The van der Waals surface area contributed by atoms with Crippen LogP contribution in [-0.2, 0) is 17.6 Å². The van der Waals surface area contributed by atoms with Crippen LogP contribution >= 0.6 is 12.4 Å². The highest BCUT2D eigenvalue weighted by Crippen LogP contribution is 2.22. The molecule has 0 saturated carbocycles. The number of carbonyl (C=O) groups is 1. The van der Waals surface area contributed by atoms with E-state index in [2.05, 4.69) is 4.74 Å². The molecule has 0 heterocycles. The number of esters is 1. The maximum atomic E-state index is 11.2. The summed E-state index contributed by atoms with van der Waals surface area (Å²) in [7, 11) is 1.39. The molecule has 0 fully saturated rings. The molecule has 0 spiro atoms. The maximum absolute atomic E-state index is 11.2. The van der Waals surface area contributed by atoms with Gasteiger partial charge in [-0.15, -0.1) is 12.4 Å². The first-order valence-electron chi connectivity index (χ1n) is 4.66. The lowest BCUT2D eigenvalue weighted by molar-refractivity contribution is 0.0600. The number of benzene rings is 1. The summed E-state index contributed by atoms with van der Waals surface area (Å²) >= 11 is 0. The molecule has 0 amide bonds. The number of ether oxygens (including phenoxy) is 1. The quantitative estimate of drug-likeness (QED) is 0.737. The van der Waals surface area contributed by atoms with Gasteiger partial charge < -0.3 is 10.5 Å². The fourth-order valence-electron chi connectivity index (χ4n) is 1.90. The topological polar surface area (TPSA) is 52.3 Å². The van der Waals surface area contributed by atoms with Crippen LogP contribution in [0.25, 0.3) is 0 Å². The number of hydrogen-bond acceptors (Lipinski definition) is 3. The van der Waals surface area contributed by atoms with Gasteiger partial charge in [-0.1, -0.05) is 6.07 Å². The van der Waals surface area contributed by atoms with Crippen LogP contribution in [0.15, 0.2) is 18.2 Å². The van der Waals surface area contributed by atoms with E-state index < -0.39 is 0 Å². The van der Waals surface area contributed by atoms with Crippen LogP contribution in [0.1, 0.15) is 21.5 Å². The van der Waals surface area contributed by atoms with Crippen molar-refractivity contribution in [2.75, 3.05) is 7.11 Å². The summed E-state index contributed by atoms with van der Waals surface area (Å²) in [5, 5.41) is 0. The largest absolute Gasteiger partial charge is 0.465 e. The SMILES string of the molecule is COC(=O)c1ccc2c(c1)CC(N)C2.Cl. The van der Waals surface area contributed by atoms with Crippen LogP contribution in [0.3, 0.4) is 0 Å². The predicted molar refractivity (Wildman–Crippen MR) is 60.4 cm³/mol. The minimum atomic E-state index is -0.284. The van der Waals surface area contributed by atoms with Gasteiger partial charge >= 0.3 is 5.97 Å². The molecule has 1 aliphatic carbocycles.